The lowest BCUT2D eigenvalue weighted by atomic mass is 9.87. The summed E-state index contributed by atoms with van der Waals surface area (Å²) in [4.78, 5) is 33.8. The molecule has 3 heterocycles. The minimum atomic E-state index is -4.18. The zero-order chi connectivity index (χ0) is 33.8. The number of ether oxygens (including phenoxy) is 3. The number of methoxy groups -OCH3 is 1. The van der Waals surface area contributed by atoms with Crippen molar-refractivity contribution in [2.45, 2.75) is 58.5 Å². The van der Waals surface area contributed by atoms with Crippen LogP contribution in [0.4, 0.5) is 5.95 Å². The summed E-state index contributed by atoms with van der Waals surface area (Å²) in [7, 11) is -2.59. The predicted molar refractivity (Wildman–Crippen MR) is 177 cm³/mol. The number of amides is 1. The van der Waals surface area contributed by atoms with Crippen LogP contribution in [0.3, 0.4) is 0 Å². The van der Waals surface area contributed by atoms with Crippen LogP contribution in [0, 0.1) is 19.3 Å². The summed E-state index contributed by atoms with van der Waals surface area (Å²) in [5, 5.41) is 0. The van der Waals surface area contributed by atoms with Crippen molar-refractivity contribution in [1.29, 1.82) is 0 Å². The van der Waals surface area contributed by atoms with E-state index in [-0.39, 0.29) is 40.9 Å². The van der Waals surface area contributed by atoms with Crippen LogP contribution in [0.2, 0.25) is 0 Å². The van der Waals surface area contributed by atoms with E-state index in [1.165, 1.54) is 18.2 Å². The van der Waals surface area contributed by atoms with E-state index in [0.717, 1.165) is 16.7 Å². The number of aryl methyl sites for hydroxylation is 2. The number of nitrogens with one attached hydrogen (secondary N) is 1. The Hall–Kier alpha value is -4.62. The fourth-order valence-electron chi connectivity index (χ4n) is 5.44. The van der Waals surface area contributed by atoms with Crippen LogP contribution in [0.5, 0.6) is 11.6 Å². The molecule has 0 radical (unpaired) electrons. The minimum Gasteiger partial charge on any atom is -0.488 e. The van der Waals surface area contributed by atoms with E-state index >= 15 is 0 Å². The Balaban J connectivity index is 1.60. The van der Waals surface area contributed by atoms with Crippen molar-refractivity contribution >= 4 is 21.9 Å². The highest BCUT2D eigenvalue weighted by molar-refractivity contribution is 7.92. The van der Waals surface area contributed by atoms with Gasteiger partial charge in [0, 0.05) is 24.3 Å². The van der Waals surface area contributed by atoms with Gasteiger partial charge in [-0.15, -0.1) is 0 Å². The number of anilines is 1. The largest absolute Gasteiger partial charge is 0.488 e. The molecule has 0 unspecified atom stereocenters. The SMILES string of the molecule is COCCOc1cnc(CN2C(=O)c3cccc(c3)S(=O)(=O)Nc3nc(cc(-c4c(C)cccc4C)n3)OC[C@H]2CC(C)(C)C)nc1. The molecule has 1 aliphatic heterocycles. The van der Waals surface area contributed by atoms with Crippen LogP contribution in [-0.4, -0.2) is 72.1 Å². The fourth-order valence-corrected chi connectivity index (χ4v) is 6.43. The second kappa shape index (κ2) is 14.0. The Morgan fingerprint density at radius 1 is 1.00 bits per heavy atom. The number of aromatic nitrogens is 4. The molecular weight excluding hydrogens is 620 g/mol. The molecule has 0 spiro atoms. The Bertz CT molecular complexity index is 1820. The highest BCUT2D eigenvalue weighted by Gasteiger charge is 2.32. The highest BCUT2D eigenvalue weighted by atomic mass is 32.2. The Labute approximate surface area is 275 Å². The van der Waals surface area contributed by atoms with E-state index in [1.807, 2.05) is 32.0 Å². The first-order valence-corrected chi connectivity index (χ1v) is 16.8. The lowest BCUT2D eigenvalue weighted by Gasteiger charge is -2.35. The van der Waals surface area contributed by atoms with Gasteiger partial charge in [0.15, 0.2) is 5.75 Å². The summed E-state index contributed by atoms with van der Waals surface area (Å²) >= 11 is 0. The van der Waals surface area contributed by atoms with Gasteiger partial charge in [0.05, 0.1) is 42.2 Å². The van der Waals surface area contributed by atoms with Crippen molar-refractivity contribution in [3.05, 3.63) is 83.4 Å². The lowest BCUT2D eigenvalue weighted by molar-refractivity contribution is 0.0505. The molecular formula is C34H40N6O6S. The van der Waals surface area contributed by atoms with E-state index in [4.69, 9.17) is 14.2 Å². The monoisotopic (exact) mass is 660 g/mol. The van der Waals surface area contributed by atoms with Gasteiger partial charge in [0.2, 0.25) is 11.8 Å². The molecule has 0 saturated carbocycles. The molecule has 1 aliphatic rings. The molecule has 0 saturated heterocycles. The average molecular weight is 661 g/mol. The number of carbonyl (C=O) groups excluding carboxylic acids is 1. The third kappa shape index (κ3) is 8.40. The van der Waals surface area contributed by atoms with E-state index < -0.39 is 22.0 Å². The molecule has 1 atom stereocenters. The molecule has 0 aliphatic carbocycles. The van der Waals surface area contributed by atoms with E-state index in [1.54, 1.807) is 36.5 Å². The van der Waals surface area contributed by atoms with Crippen LogP contribution in [0.15, 0.2) is 65.8 Å². The number of hydrogen-bond acceptors (Lipinski definition) is 10. The number of sulfonamides is 1. The van der Waals surface area contributed by atoms with Gasteiger partial charge in [-0.25, -0.2) is 28.1 Å². The van der Waals surface area contributed by atoms with Crippen LogP contribution >= 0.6 is 0 Å². The molecule has 4 aromatic rings. The Morgan fingerprint density at radius 2 is 1.70 bits per heavy atom. The van der Waals surface area contributed by atoms with E-state index in [9.17, 15) is 13.2 Å². The van der Waals surface area contributed by atoms with Crippen molar-refractivity contribution in [3.8, 4) is 22.9 Å². The number of benzene rings is 2. The topological polar surface area (TPSA) is 146 Å². The molecule has 4 bridgehead atoms. The van der Waals surface area contributed by atoms with Crippen LogP contribution < -0.4 is 14.2 Å². The van der Waals surface area contributed by atoms with Crippen molar-refractivity contribution in [3.63, 3.8) is 0 Å². The number of hydrogen-bond donors (Lipinski definition) is 1. The van der Waals surface area contributed by atoms with Gasteiger partial charge in [-0.1, -0.05) is 45.0 Å². The fraction of sp³-hybridized carbons (Fsp3) is 0.382. The van der Waals surface area contributed by atoms with Gasteiger partial charge >= 0.3 is 0 Å². The van der Waals surface area contributed by atoms with Gasteiger partial charge < -0.3 is 19.1 Å². The van der Waals surface area contributed by atoms with Crippen LogP contribution in [0.25, 0.3) is 11.3 Å². The summed E-state index contributed by atoms with van der Waals surface area (Å²) in [6.07, 6.45) is 3.65. The quantitative estimate of drug-likeness (QED) is 0.250. The average Bonchev–Trinajstić information content (AvgIpc) is 3.01. The standard InChI is InChI=1S/C34H40N6O6S/c1-22-9-7-10-23(2)31(22)28-16-30-38-33(37-28)39-47(42,43)27-12-8-11-24(15-27)32(41)40(25(21-46-30)17-34(3,4)5)20-29-35-18-26(19-36-29)45-14-13-44-6/h7-12,15-16,18-19,25H,13-14,17,20-21H2,1-6H3,(H,37,38,39)/t25-/m1/s1. The zero-order valence-corrected chi connectivity index (χ0v) is 28.3. The molecule has 5 rings (SSSR count). The van der Waals surface area contributed by atoms with Crippen LogP contribution in [0.1, 0.15) is 54.5 Å². The summed E-state index contributed by atoms with van der Waals surface area (Å²) in [5.41, 5.74) is 3.26. The maximum Gasteiger partial charge on any atom is 0.264 e. The second-order valence-corrected chi connectivity index (χ2v) is 14.3. The van der Waals surface area contributed by atoms with Gasteiger partial charge in [0.25, 0.3) is 15.9 Å². The molecule has 2 aromatic carbocycles. The first-order valence-electron chi connectivity index (χ1n) is 15.3. The molecule has 47 heavy (non-hydrogen) atoms. The third-order valence-electron chi connectivity index (χ3n) is 7.58. The number of nitrogens with zero attached hydrogens (tertiary/aromatic N) is 5. The minimum absolute atomic E-state index is 0.0409. The molecule has 0 fully saturated rings. The molecule has 2 aromatic heterocycles. The number of carbonyl (C=O) groups is 1. The van der Waals surface area contributed by atoms with E-state index in [2.05, 4.69) is 45.4 Å². The maximum atomic E-state index is 14.3. The van der Waals surface area contributed by atoms with Gasteiger partial charge in [-0.3, -0.25) is 4.79 Å². The smallest absolute Gasteiger partial charge is 0.264 e. The molecule has 1 N–H and O–H groups in total. The van der Waals surface area contributed by atoms with Crippen molar-refractivity contribution in [2.75, 3.05) is 31.7 Å². The van der Waals surface area contributed by atoms with Crippen molar-refractivity contribution in [1.82, 2.24) is 24.8 Å². The summed E-state index contributed by atoms with van der Waals surface area (Å²) in [6.45, 7) is 11.0. The van der Waals surface area contributed by atoms with Crippen molar-refractivity contribution < 1.29 is 27.4 Å². The second-order valence-electron chi connectivity index (χ2n) is 12.7. The molecule has 248 valence electrons. The first-order chi connectivity index (χ1) is 22.3. The van der Waals surface area contributed by atoms with E-state index in [0.29, 0.717) is 36.9 Å². The van der Waals surface area contributed by atoms with Crippen molar-refractivity contribution in [2.24, 2.45) is 5.41 Å². The summed E-state index contributed by atoms with van der Waals surface area (Å²) < 4.78 is 46.7. The highest BCUT2D eigenvalue weighted by Crippen LogP contribution is 2.31. The van der Waals surface area contributed by atoms with Crippen LogP contribution in [-0.2, 0) is 21.3 Å². The Kier molecular flexibility index (Phi) is 10.1. The number of fused-ring (bicyclic) bond motifs is 4. The predicted octanol–water partition coefficient (Wildman–Crippen LogP) is 5.22. The molecule has 13 heteroatoms. The first kappa shape index (κ1) is 33.7. The number of rotatable bonds is 8. The van der Waals surface area contributed by atoms with Gasteiger partial charge in [0.1, 0.15) is 19.0 Å². The van der Waals surface area contributed by atoms with Gasteiger partial charge in [-0.05, 0) is 55.0 Å². The normalized spacial score (nSPS) is 16.3. The third-order valence-corrected chi connectivity index (χ3v) is 8.91. The summed E-state index contributed by atoms with van der Waals surface area (Å²) in [6, 6.07) is 13.0. The summed E-state index contributed by atoms with van der Waals surface area (Å²) in [5.74, 6) is 0.495. The van der Waals surface area contributed by atoms with Gasteiger partial charge in [-0.2, -0.15) is 4.98 Å². The zero-order valence-electron chi connectivity index (χ0n) is 27.5. The Morgan fingerprint density at radius 3 is 2.38 bits per heavy atom. The lowest BCUT2D eigenvalue weighted by Crippen LogP contribution is -2.45. The molecule has 12 nitrogen and oxygen atoms in total. The maximum absolute atomic E-state index is 14.3. The molecule has 1 amide bonds.